The first-order chi connectivity index (χ1) is 13.8. The van der Waals surface area contributed by atoms with Crippen LogP contribution in [0.5, 0.6) is 0 Å². The summed E-state index contributed by atoms with van der Waals surface area (Å²) in [6.45, 7) is 17.0. The third kappa shape index (κ3) is 3.30. The minimum atomic E-state index is -5.73. The van der Waals surface area contributed by atoms with Gasteiger partial charge in [0, 0.05) is 0 Å². The number of halogens is 2. The fraction of sp³-hybridized carbons (Fsp3) is 0.333. The second-order valence-corrected chi connectivity index (χ2v) is 12.3. The van der Waals surface area contributed by atoms with Crippen LogP contribution in [0.15, 0.2) is 36.4 Å². The first kappa shape index (κ1) is 22.6. The van der Waals surface area contributed by atoms with Crippen molar-refractivity contribution in [3.05, 3.63) is 86.5 Å². The Kier molecular flexibility index (Phi) is 5.49. The van der Waals surface area contributed by atoms with Crippen LogP contribution in [0.1, 0.15) is 50.1 Å². The molecule has 0 saturated carbocycles. The van der Waals surface area contributed by atoms with E-state index in [0.29, 0.717) is 33.4 Å². The van der Waals surface area contributed by atoms with Crippen molar-refractivity contribution in [2.45, 2.75) is 62.3 Å². The average molecular weight is 427 g/mol. The fourth-order valence-electron chi connectivity index (χ4n) is 5.71. The van der Waals surface area contributed by atoms with Crippen molar-refractivity contribution in [2.24, 2.45) is 0 Å². The molecule has 0 aliphatic carbocycles. The zero-order valence-electron chi connectivity index (χ0n) is 19.7. The molecule has 0 aliphatic rings. The molecule has 3 aromatic carbocycles. The van der Waals surface area contributed by atoms with Gasteiger partial charge < -0.3 is 0 Å². The predicted molar refractivity (Wildman–Crippen MR) is 130 cm³/mol. The molecule has 0 heterocycles. The standard InChI is InChI=1S/C27H33F2P/c1-16-10-19(4)25(20(5)11-16)30(28,29,26-21(6)12-17(2)13-22(26)7)27-23(8)14-18(3)15-24(27)9/h10-15H,1-9H3. The summed E-state index contributed by atoms with van der Waals surface area (Å²) in [7, 11) is -5.73. The first-order valence-electron chi connectivity index (χ1n) is 10.5. The van der Waals surface area contributed by atoms with E-state index in [1.807, 2.05) is 98.7 Å². The van der Waals surface area contributed by atoms with E-state index in [-0.39, 0.29) is 15.9 Å². The van der Waals surface area contributed by atoms with Crippen LogP contribution in [-0.4, -0.2) is 0 Å². The Labute approximate surface area is 180 Å². The van der Waals surface area contributed by atoms with E-state index < -0.39 is 7.22 Å². The molecule has 0 nitrogen and oxygen atoms in total. The maximum atomic E-state index is 18.1. The molecular weight excluding hydrogens is 393 g/mol. The molecule has 3 rings (SSSR count). The van der Waals surface area contributed by atoms with Crippen molar-refractivity contribution in [1.82, 2.24) is 0 Å². The van der Waals surface area contributed by atoms with E-state index in [1.165, 1.54) is 0 Å². The third-order valence-electron chi connectivity index (χ3n) is 6.08. The average Bonchev–Trinajstić information content (AvgIpc) is 2.50. The van der Waals surface area contributed by atoms with Crippen LogP contribution in [0.4, 0.5) is 8.39 Å². The van der Waals surface area contributed by atoms with Crippen LogP contribution >= 0.6 is 7.22 Å². The summed E-state index contributed by atoms with van der Waals surface area (Å²) in [5.41, 5.74) is 7.10. The van der Waals surface area contributed by atoms with Gasteiger partial charge in [0.05, 0.1) is 0 Å². The molecule has 0 saturated heterocycles. The van der Waals surface area contributed by atoms with Crippen molar-refractivity contribution in [3.63, 3.8) is 0 Å². The first-order valence-corrected chi connectivity index (χ1v) is 12.5. The monoisotopic (exact) mass is 426 g/mol. The maximum absolute atomic E-state index is 18.1. The molecule has 0 unspecified atom stereocenters. The Morgan fingerprint density at radius 1 is 0.400 bits per heavy atom. The second kappa shape index (κ2) is 7.27. The molecular formula is C27H33F2P. The number of hydrogen-bond acceptors (Lipinski definition) is 0. The van der Waals surface area contributed by atoms with Gasteiger partial charge in [0.25, 0.3) is 0 Å². The van der Waals surface area contributed by atoms with Crippen molar-refractivity contribution in [2.75, 3.05) is 0 Å². The van der Waals surface area contributed by atoms with E-state index in [0.717, 1.165) is 16.7 Å². The van der Waals surface area contributed by atoms with Gasteiger partial charge in [0.2, 0.25) is 0 Å². The second-order valence-electron chi connectivity index (χ2n) is 9.15. The fourth-order valence-corrected chi connectivity index (χ4v) is 10.5. The van der Waals surface area contributed by atoms with Gasteiger partial charge in [-0.15, -0.1) is 0 Å². The van der Waals surface area contributed by atoms with Crippen LogP contribution in [0.3, 0.4) is 0 Å². The van der Waals surface area contributed by atoms with E-state index in [9.17, 15) is 0 Å². The summed E-state index contributed by atoms with van der Waals surface area (Å²) < 4.78 is 36.2. The molecule has 0 spiro atoms. The quantitative estimate of drug-likeness (QED) is 0.393. The van der Waals surface area contributed by atoms with E-state index in [1.54, 1.807) is 0 Å². The number of aryl methyl sites for hydroxylation is 9. The molecule has 30 heavy (non-hydrogen) atoms. The molecule has 160 valence electrons. The number of benzene rings is 3. The number of rotatable bonds is 3. The van der Waals surface area contributed by atoms with Crippen LogP contribution in [0.2, 0.25) is 0 Å². The van der Waals surface area contributed by atoms with E-state index >= 15 is 8.39 Å². The molecule has 0 fully saturated rings. The van der Waals surface area contributed by atoms with Gasteiger partial charge in [-0.1, -0.05) is 0 Å². The van der Waals surface area contributed by atoms with Gasteiger partial charge in [-0.25, -0.2) is 0 Å². The van der Waals surface area contributed by atoms with Gasteiger partial charge in [0.1, 0.15) is 0 Å². The Hall–Kier alpha value is -2.05. The van der Waals surface area contributed by atoms with Gasteiger partial charge in [0.15, 0.2) is 0 Å². The zero-order valence-corrected chi connectivity index (χ0v) is 20.6. The summed E-state index contributed by atoms with van der Waals surface area (Å²) >= 11 is 0. The predicted octanol–water partition coefficient (Wildman–Crippen LogP) is 7.06. The van der Waals surface area contributed by atoms with Crippen molar-refractivity contribution in [3.8, 4) is 0 Å². The Morgan fingerprint density at radius 2 is 0.567 bits per heavy atom. The van der Waals surface area contributed by atoms with Crippen molar-refractivity contribution in [1.29, 1.82) is 0 Å². The minimum absolute atomic E-state index is 0.233. The van der Waals surface area contributed by atoms with Crippen LogP contribution in [-0.2, 0) is 0 Å². The summed E-state index contributed by atoms with van der Waals surface area (Å²) in [5, 5.41) is 0.699. The summed E-state index contributed by atoms with van der Waals surface area (Å²) in [5.74, 6) is 0. The molecule has 0 aliphatic heterocycles. The molecule has 0 aromatic heterocycles. The molecule has 0 N–H and O–H groups in total. The van der Waals surface area contributed by atoms with Crippen LogP contribution in [0, 0.1) is 62.3 Å². The van der Waals surface area contributed by atoms with Crippen molar-refractivity contribution >= 4 is 23.1 Å². The molecule has 0 bridgehead atoms. The van der Waals surface area contributed by atoms with Crippen LogP contribution < -0.4 is 15.9 Å². The van der Waals surface area contributed by atoms with Crippen molar-refractivity contribution < 1.29 is 8.39 Å². The molecule has 3 aromatic rings. The Morgan fingerprint density at radius 3 is 0.733 bits per heavy atom. The molecule has 0 atom stereocenters. The summed E-state index contributed by atoms with van der Waals surface area (Å²) in [6.07, 6.45) is 0. The number of hydrogen-bond donors (Lipinski definition) is 0. The van der Waals surface area contributed by atoms with Gasteiger partial charge in [-0.05, 0) is 0 Å². The van der Waals surface area contributed by atoms with Gasteiger partial charge in [-0.3, -0.25) is 0 Å². The van der Waals surface area contributed by atoms with E-state index in [2.05, 4.69) is 0 Å². The summed E-state index contributed by atoms with van der Waals surface area (Å²) in [6, 6.07) is 11.4. The third-order valence-corrected chi connectivity index (χ3v) is 10.6. The zero-order chi connectivity index (χ0) is 22.6. The Bertz CT molecular complexity index is 956. The molecule has 0 radical (unpaired) electrons. The normalized spacial score (nSPS) is 13.2. The summed E-state index contributed by atoms with van der Waals surface area (Å²) in [4.78, 5) is 0. The van der Waals surface area contributed by atoms with Crippen LogP contribution in [0.25, 0.3) is 0 Å². The van der Waals surface area contributed by atoms with Gasteiger partial charge in [-0.2, -0.15) is 0 Å². The molecule has 3 heteroatoms. The Balaban J connectivity index is 2.66. The SMILES string of the molecule is Cc1cc(C)c(P(F)(F)(c2c(C)cc(C)cc2C)c2c(C)cc(C)cc2C)c(C)c1. The van der Waals surface area contributed by atoms with Gasteiger partial charge >= 0.3 is 180 Å². The van der Waals surface area contributed by atoms with E-state index in [4.69, 9.17) is 0 Å². The molecule has 0 amide bonds. The topological polar surface area (TPSA) is 0 Å².